The van der Waals surface area contributed by atoms with Crippen LogP contribution in [0.1, 0.15) is 17.3 Å². The number of ether oxygens (including phenoxy) is 2. The number of amides is 1. The van der Waals surface area contributed by atoms with Gasteiger partial charge in [-0.3, -0.25) is 9.59 Å². The van der Waals surface area contributed by atoms with Crippen molar-refractivity contribution < 1.29 is 24.2 Å². The zero-order valence-electron chi connectivity index (χ0n) is 11.2. The van der Waals surface area contributed by atoms with E-state index in [-0.39, 0.29) is 12.5 Å². The van der Waals surface area contributed by atoms with E-state index in [9.17, 15) is 9.59 Å². The number of nitrogens with zero attached hydrogens (tertiary/aromatic N) is 1. The number of likely N-dealkylation sites (N-methyl/N-ethyl adjacent to an activating group) is 1. The van der Waals surface area contributed by atoms with Crippen molar-refractivity contribution in [3.8, 4) is 11.5 Å². The van der Waals surface area contributed by atoms with Crippen molar-refractivity contribution in [2.75, 3.05) is 27.3 Å². The lowest BCUT2D eigenvalue weighted by atomic mass is 10.1. The molecule has 0 aliphatic heterocycles. The highest BCUT2D eigenvalue weighted by Gasteiger charge is 2.16. The quantitative estimate of drug-likeness (QED) is 0.839. The minimum absolute atomic E-state index is 0.351. The predicted molar refractivity (Wildman–Crippen MR) is 68.8 cm³/mol. The summed E-state index contributed by atoms with van der Waals surface area (Å²) in [6, 6.07) is 4.74. The molecule has 0 atom stereocenters. The zero-order valence-corrected chi connectivity index (χ0v) is 11.2. The fourth-order valence-electron chi connectivity index (χ4n) is 1.57. The second-order valence-corrected chi connectivity index (χ2v) is 3.85. The maximum atomic E-state index is 12.0. The monoisotopic (exact) mass is 267 g/mol. The Morgan fingerprint density at radius 1 is 1.32 bits per heavy atom. The molecule has 1 N–H and O–H groups in total. The summed E-state index contributed by atoms with van der Waals surface area (Å²) < 4.78 is 10.5. The van der Waals surface area contributed by atoms with E-state index in [1.807, 2.05) is 6.92 Å². The van der Waals surface area contributed by atoms with Gasteiger partial charge < -0.3 is 19.5 Å². The largest absolute Gasteiger partial charge is 0.493 e. The third-order valence-electron chi connectivity index (χ3n) is 2.43. The van der Waals surface area contributed by atoms with Crippen LogP contribution in [0.3, 0.4) is 0 Å². The third kappa shape index (κ3) is 3.87. The van der Waals surface area contributed by atoms with E-state index in [2.05, 4.69) is 0 Å². The summed E-state index contributed by atoms with van der Waals surface area (Å²) in [5.41, 5.74) is 0.351. The van der Waals surface area contributed by atoms with Gasteiger partial charge in [0.2, 0.25) is 0 Å². The Kier molecular flexibility index (Phi) is 5.17. The number of hydrogen-bond acceptors (Lipinski definition) is 4. The normalized spacial score (nSPS) is 9.84. The molecule has 0 heterocycles. The van der Waals surface area contributed by atoms with Crippen LogP contribution in [0.5, 0.6) is 11.5 Å². The van der Waals surface area contributed by atoms with Gasteiger partial charge in [-0.1, -0.05) is 0 Å². The molecule has 104 valence electrons. The van der Waals surface area contributed by atoms with Crippen LogP contribution in [0.25, 0.3) is 0 Å². The Hall–Kier alpha value is -2.24. The van der Waals surface area contributed by atoms with Crippen LogP contribution < -0.4 is 9.47 Å². The van der Waals surface area contributed by atoms with Gasteiger partial charge in [-0.2, -0.15) is 0 Å². The predicted octanol–water partition coefficient (Wildman–Crippen LogP) is 1.25. The lowest BCUT2D eigenvalue weighted by Gasteiger charge is -2.16. The van der Waals surface area contributed by atoms with Crippen molar-refractivity contribution in [1.82, 2.24) is 4.90 Å². The standard InChI is InChI=1S/C13H17NO5/c1-4-19-10-6-5-9(7-11(10)18-3)13(17)14(2)8-12(15)16/h5-7H,4,8H2,1-3H3,(H,15,16). The van der Waals surface area contributed by atoms with Crippen LogP contribution in [0, 0.1) is 0 Å². The molecule has 0 aliphatic rings. The molecule has 0 saturated heterocycles. The van der Waals surface area contributed by atoms with Gasteiger partial charge in [0.1, 0.15) is 6.54 Å². The van der Waals surface area contributed by atoms with Gasteiger partial charge in [-0.15, -0.1) is 0 Å². The molecule has 0 saturated carbocycles. The van der Waals surface area contributed by atoms with Crippen molar-refractivity contribution in [3.63, 3.8) is 0 Å². The molecule has 0 aliphatic carbocycles. The lowest BCUT2D eigenvalue weighted by Crippen LogP contribution is -2.31. The van der Waals surface area contributed by atoms with Crippen LogP contribution in [-0.4, -0.2) is 49.2 Å². The van der Waals surface area contributed by atoms with Gasteiger partial charge in [-0.25, -0.2) is 0 Å². The van der Waals surface area contributed by atoms with Crippen molar-refractivity contribution in [2.24, 2.45) is 0 Å². The fourth-order valence-corrected chi connectivity index (χ4v) is 1.57. The maximum Gasteiger partial charge on any atom is 0.323 e. The number of hydrogen-bond donors (Lipinski definition) is 1. The van der Waals surface area contributed by atoms with Gasteiger partial charge in [-0.05, 0) is 25.1 Å². The van der Waals surface area contributed by atoms with Crippen molar-refractivity contribution in [2.45, 2.75) is 6.92 Å². The summed E-state index contributed by atoms with van der Waals surface area (Å²) in [7, 11) is 2.91. The van der Waals surface area contributed by atoms with Gasteiger partial charge in [0, 0.05) is 12.6 Å². The molecule has 1 aromatic carbocycles. The van der Waals surface area contributed by atoms with Crippen LogP contribution >= 0.6 is 0 Å². The number of methoxy groups -OCH3 is 1. The number of carbonyl (C=O) groups excluding carboxylic acids is 1. The Labute approximate surface area is 111 Å². The summed E-state index contributed by atoms with van der Waals surface area (Å²) in [5, 5.41) is 8.66. The summed E-state index contributed by atoms with van der Waals surface area (Å²) in [4.78, 5) is 23.7. The molecule has 0 radical (unpaired) electrons. The van der Waals surface area contributed by atoms with E-state index >= 15 is 0 Å². The van der Waals surface area contributed by atoms with Gasteiger partial charge in [0.15, 0.2) is 11.5 Å². The van der Waals surface area contributed by atoms with Crippen molar-refractivity contribution in [3.05, 3.63) is 23.8 Å². The maximum absolute atomic E-state index is 12.0. The highest BCUT2D eigenvalue weighted by molar-refractivity contribution is 5.96. The van der Waals surface area contributed by atoms with E-state index in [1.54, 1.807) is 12.1 Å². The lowest BCUT2D eigenvalue weighted by molar-refractivity contribution is -0.137. The van der Waals surface area contributed by atoms with E-state index in [0.29, 0.717) is 23.7 Å². The Morgan fingerprint density at radius 3 is 2.53 bits per heavy atom. The van der Waals surface area contributed by atoms with Crippen molar-refractivity contribution in [1.29, 1.82) is 0 Å². The molecular weight excluding hydrogens is 250 g/mol. The first-order valence-corrected chi connectivity index (χ1v) is 5.77. The van der Waals surface area contributed by atoms with E-state index < -0.39 is 5.97 Å². The van der Waals surface area contributed by atoms with E-state index in [1.165, 1.54) is 20.2 Å². The third-order valence-corrected chi connectivity index (χ3v) is 2.43. The fraction of sp³-hybridized carbons (Fsp3) is 0.385. The molecule has 0 unspecified atom stereocenters. The minimum atomic E-state index is -1.06. The second kappa shape index (κ2) is 6.63. The first-order chi connectivity index (χ1) is 8.99. The Bertz CT molecular complexity index is 472. The molecule has 1 amide bonds. The highest BCUT2D eigenvalue weighted by Crippen LogP contribution is 2.28. The molecule has 19 heavy (non-hydrogen) atoms. The van der Waals surface area contributed by atoms with Crippen LogP contribution in [0.2, 0.25) is 0 Å². The average molecular weight is 267 g/mol. The molecule has 6 nitrogen and oxygen atoms in total. The molecule has 0 fully saturated rings. The number of aliphatic carboxylic acids is 1. The smallest absolute Gasteiger partial charge is 0.323 e. The summed E-state index contributed by atoms with van der Waals surface area (Å²) in [5.74, 6) is -0.462. The number of carboxylic acid groups (broad SMARTS) is 1. The highest BCUT2D eigenvalue weighted by atomic mass is 16.5. The molecular formula is C13H17NO5. The van der Waals surface area contributed by atoms with Gasteiger partial charge in [0.05, 0.1) is 13.7 Å². The van der Waals surface area contributed by atoms with E-state index in [4.69, 9.17) is 14.6 Å². The number of carboxylic acids is 1. The number of rotatable bonds is 6. The number of benzene rings is 1. The van der Waals surface area contributed by atoms with Crippen LogP contribution in [0.4, 0.5) is 0 Å². The zero-order chi connectivity index (χ0) is 14.4. The average Bonchev–Trinajstić information content (AvgIpc) is 2.37. The molecule has 0 spiro atoms. The van der Waals surface area contributed by atoms with Crippen molar-refractivity contribution >= 4 is 11.9 Å². The molecule has 0 bridgehead atoms. The molecule has 1 aromatic rings. The van der Waals surface area contributed by atoms with Gasteiger partial charge >= 0.3 is 5.97 Å². The summed E-state index contributed by atoms with van der Waals surface area (Å²) >= 11 is 0. The first kappa shape index (κ1) is 14.8. The van der Waals surface area contributed by atoms with E-state index in [0.717, 1.165) is 4.90 Å². The van der Waals surface area contributed by atoms with Crippen LogP contribution in [-0.2, 0) is 4.79 Å². The van der Waals surface area contributed by atoms with Gasteiger partial charge in [0.25, 0.3) is 5.91 Å². The van der Waals surface area contributed by atoms with Crippen LogP contribution in [0.15, 0.2) is 18.2 Å². The molecule has 0 aromatic heterocycles. The number of carbonyl (C=O) groups is 2. The SMILES string of the molecule is CCOc1ccc(C(=O)N(C)CC(=O)O)cc1OC. The minimum Gasteiger partial charge on any atom is -0.493 e. The molecule has 6 heteroatoms. The summed E-state index contributed by atoms with van der Waals surface area (Å²) in [6.07, 6.45) is 0. The Morgan fingerprint density at radius 2 is 2.00 bits per heavy atom. The topological polar surface area (TPSA) is 76.1 Å². The molecule has 1 rings (SSSR count). The first-order valence-electron chi connectivity index (χ1n) is 5.77. The summed E-state index contributed by atoms with van der Waals surface area (Å²) in [6.45, 7) is 1.98. The second-order valence-electron chi connectivity index (χ2n) is 3.85. The Balaban J connectivity index is 2.95.